The lowest BCUT2D eigenvalue weighted by molar-refractivity contribution is -0.383. The van der Waals surface area contributed by atoms with Crippen LogP contribution in [0.2, 0.25) is 0 Å². The molecule has 2 N–H and O–H groups in total. The summed E-state index contributed by atoms with van der Waals surface area (Å²) in [6, 6.07) is 4.62. The zero-order valence-corrected chi connectivity index (χ0v) is 8.77. The van der Waals surface area contributed by atoms with Gasteiger partial charge in [0.15, 0.2) is 0 Å². The molecule has 0 saturated heterocycles. The third-order valence-corrected chi connectivity index (χ3v) is 1.87. The van der Waals surface area contributed by atoms with Crippen molar-refractivity contribution < 1.29 is 9.66 Å². The van der Waals surface area contributed by atoms with Crippen LogP contribution in [0.25, 0.3) is 0 Å². The first-order valence-corrected chi connectivity index (χ1v) is 4.65. The van der Waals surface area contributed by atoms with Gasteiger partial charge in [-0.1, -0.05) is 0 Å². The molecule has 0 saturated carbocycles. The summed E-state index contributed by atoms with van der Waals surface area (Å²) in [7, 11) is 0. The zero-order valence-electron chi connectivity index (χ0n) is 8.77. The molecule has 15 heavy (non-hydrogen) atoms. The number of nitrogens with zero attached hydrogens (tertiary/aromatic N) is 1. The topological polar surface area (TPSA) is 78.4 Å². The lowest BCUT2D eigenvalue weighted by atomic mass is 10.2. The van der Waals surface area contributed by atoms with Crippen LogP contribution in [0.1, 0.15) is 19.4 Å². The summed E-state index contributed by atoms with van der Waals surface area (Å²) in [5.74, 6) is 0. The SMILES string of the molecule is CC(C)OCc1ccc([N+](=O)[O-])c(N)c1. The van der Waals surface area contributed by atoms with E-state index in [1.807, 2.05) is 13.8 Å². The number of hydrogen-bond acceptors (Lipinski definition) is 4. The van der Waals surface area contributed by atoms with Gasteiger partial charge in [0.05, 0.1) is 17.6 Å². The summed E-state index contributed by atoms with van der Waals surface area (Å²) in [6.07, 6.45) is 0.126. The van der Waals surface area contributed by atoms with E-state index in [2.05, 4.69) is 0 Å². The van der Waals surface area contributed by atoms with E-state index in [9.17, 15) is 10.1 Å². The van der Waals surface area contributed by atoms with Gasteiger partial charge in [0.1, 0.15) is 5.69 Å². The fourth-order valence-corrected chi connectivity index (χ4v) is 1.12. The Hall–Kier alpha value is -1.62. The minimum Gasteiger partial charge on any atom is -0.393 e. The number of nitro groups is 1. The lowest BCUT2D eigenvalue weighted by Gasteiger charge is -2.07. The van der Waals surface area contributed by atoms with Crippen molar-refractivity contribution in [1.82, 2.24) is 0 Å². The third kappa shape index (κ3) is 3.21. The van der Waals surface area contributed by atoms with Crippen molar-refractivity contribution in [3.8, 4) is 0 Å². The second-order valence-electron chi connectivity index (χ2n) is 3.51. The first-order valence-electron chi connectivity index (χ1n) is 4.65. The van der Waals surface area contributed by atoms with E-state index in [0.717, 1.165) is 5.56 Å². The van der Waals surface area contributed by atoms with Crippen LogP contribution >= 0.6 is 0 Å². The summed E-state index contributed by atoms with van der Waals surface area (Å²) < 4.78 is 5.36. The Morgan fingerprint density at radius 2 is 2.20 bits per heavy atom. The maximum Gasteiger partial charge on any atom is 0.292 e. The van der Waals surface area contributed by atoms with Gasteiger partial charge in [0.25, 0.3) is 5.69 Å². The van der Waals surface area contributed by atoms with Gasteiger partial charge < -0.3 is 10.5 Å². The van der Waals surface area contributed by atoms with Crippen molar-refractivity contribution in [1.29, 1.82) is 0 Å². The molecule has 0 aliphatic carbocycles. The van der Waals surface area contributed by atoms with E-state index in [0.29, 0.717) is 6.61 Å². The van der Waals surface area contributed by atoms with Crippen LogP contribution in [0.4, 0.5) is 11.4 Å². The zero-order chi connectivity index (χ0) is 11.4. The van der Waals surface area contributed by atoms with Gasteiger partial charge in [-0.2, -0.15) is 0 Å². The molecule has 0 unspecified atom stereocenters. The highest BCUT2D eigenvalue weighted by molar-refractivity contribution is 5.59. The monoisotopic (exact) mass is 210 g/mol. The Morgan fingerprint density at radius 1 is 1.53 bits per heavy atom. The minimum atomic E-state index is -0.498. The highest BCUT2D eigenvalue weighted by Crippen LogP contribution is 2.22. The van der Waals surface area contributed by atoms with Gasteiger partial charge in [-0.05, 0) is 31.5 Å². The Labute approximate surface area is 88.0 Å². The largest absolute Gasteiger partial charge is 0.393 e. The Kier molecular flexibility index (Phi) is 3.62. The van der Waals surface area contributed by atoms with Gasteiger partial charge in [-0.3, -0.25) is 10.1 Å². The number of anilines is 1. The lowest BCUT2D eigenvalue weighted by Crippen LogP contribution is -2.03. The quantitative estimate of drug-likeness (QED) is 0.469. The molecule has 82 valence electrons. The van der Waals surface area contributed by atoms with Crippen molar-refractivity contribution in [2.24, 2.45) is 0 Å². The van der Waals surface area contributed by atoms with Crippen molar-refractivity contribution in [3.63, 3.8) is 0 Å². The molecule has 0 fully saturated rings. The first kappa shape index (κ1) is 11.5. The van der Waals surface area contributed by atoms with E-state index < -0.39 is 4.92 Å². The van der Waals surface area contributed by atoms with Crippen LogP contribution in [0.15, 0.2) is 18.2 Å². The fourth-order valence-electron chi connectivity index (χ4n) is 1.12. The number of rotatable bonds is 4. The molecule has 0 amide bonds. The van der Waals surface area contributed by atoms with E-state index in [4.69, 9.17) is 10.5 Å². The average molecular weight is 210 g/mol. The number of benzene rings is 1. The third-order valence-electron chi connectivity index (χ3n) is 1.87. The number of hydrogen-bond donors (Lipinski definition) is 1. The predicted molar refractivity (Wildman–Crippen MR) is 57.4 cm³/mol. The van der Waals surface area contributed by atoms with Gasteiger partial charge in [-0.15, -0.1) is 0 Å². The maximum absolute atomic E-state index is 10.5. The van der Waals surface area contributed by atoms with Crippen LogP contribution in [0, 0.1) is 10.1 Å². The van der Waals surface area contributed by atoms with Crippen LogP contribution in [-0.2, 0) is 11.3 Å². The van der Waals surface area contributed by atoms with E-state index in [-0.39, 0.29) is 17.5 Å². The Bertz CT molecular complexity index is 364. The van der Waals surface area contributed by atoms with E-state index in [1.165, 1.54) is 6.07 Å². The molecular weight excluding hydrogens is 196 g/mol. The summed E-state index contributed by atoms with van der Waals surface area (Å²) in [5, 5.41) is 10.5. The summed E-state index contributed by atoms with van der Waals surface area (Å²) in [5.41, 5.74) is 6.48. The van der Waals surface area contributed by atoms with Crippen LogP contribution in [0.3, 0.4) is 0 Å². The Balaban J connectivity index is 2.78. The van der Waals surface area contributed by atoms with Crippen LogP contribution < -0.4 is 5.73 Å². The van der Waals surface area contributed by atoms with Crippen molar-refractivity contribution in [2.45, 2.75) is 26.6 Å². The number of ether oxygens (including phenoxy) is 1. The molecule has 0 heterocycles. The second kappa shape index (κ2) is 4.75. The summed E-state index contributed by atoms with van der Waals surface area (Å²) in [4.78, 5) is 10.00. The molecule has 0 aromatic heterocycles. The molecule has 5 heteroatoms. The van der Waals surface area contributed by atoms with Gasteiger partial charge in [0.2, 0.25) is 0 Å². The molecule has 1 aromatic carbocycles. The molecule has 0 atom stereocenters. The highest BCUT2D eigenvalue weighted by atomic mass is 16.6. The average Bonchev–Trinajstić information content (AvgIpc) is 2.14. The molecule has 0 aliphatic heterocycles. The van der Waals surface area contributed by atoms with Gasteiger partial charge >= 0.3 is 0 Å². The minimum absolute atomic E-state index is 0.0664. The van der Waals surface area contributed by atoms with Crippen LogP contribution in [-0.4, -0.2) is 11.0 Å². The van der Waals surface area contributed by atoms with E-state index in [1.54, 1.807) is 12.1 Å². The molecule has 0 aliphatic rings. The first-order chi connectivity index (χ1) is 7.00. The van der Waals surface area contributed by atoms with Crippen molar-refractivity contribution in [2.75, 3.05) is 5.73 Å². The smallest absolute Gasteiger partial charge is 0.292 e. The number of nitrogens with two attached hydrogens (primary N) is 1. The second-order valence-corrected chi connectivity index (χ2v) is 3.51. The molecule has 5 nitrogen and oxygen atoms in total. The summed E-state index contributed by atoms with van der Waals surface area (Å²) in [6.45, 7) is 4.27. The number of nitrogen functional groups attached to an aromatic ring is 1. The van der Waals surface area contributed by atoms with Gasteiger partial charge in [0, 0.05) is 6.07 Å². The van der Waals surface area contributed by atoms with Gasteiger partial charge in [-0.25, -0.2) is 0 Å². The normalized spacial score (nSPS) is 10.6. The van der Waals surface area contributed by atoms with Crippen LogP contribution in [0.5, 0.6) is 0 Å². The molecule has 1 rings (SSSR count). The summed E-state index contributed by atoms with van der Waals surface area (Å²) >= 11 is 0. The van der Waals surface area contributed by atoms with E-state index >= 15 is 0 Å². The molecule has 0 bridgehead atoms. The fraction of sp³-hybridized carbons (Fsp3) is 0.400. The molecule has 1 aromatic rings. The molecule has 0 radical (unpaired) electrons. The maximum atomic E-state index is 10.5. The van der Waals surface area contributed by atoms with Crippen molar-refractivity contribution in [3.05, 3.63) is 33.9 Å². The predicted octanol–water partition coefficient (Wildman–Crippen LogP) is 2.10. The highest BCUT2D eigenvalue weighted by Gasteiger charge is 2.10. The molecular formula is C10H14N2O3. The Morgan fingerprint density at radius 3 is 2.67 bits per heavy atom. The standard InChI is InChI=1S/C10H14N2O3/c1-7(2)15-6-8-3-4-10(12(13)14)9(11)5-8/h3-5,7H,6,11H2,1-2H3. The van der Waals surface area contributed by atoms with Crippen molar-refractivity contribution >= 4 is 11.4 Å². The molecule has 0 spiro atoms. The number of nitro benzene ring substituents is 1.